The van der Waals surface area contributed by atoms with Crippen molar-refractivity contribution in [3.05, 3.63) is 22.4 Å². The van der Waals surface area contributed by atoms with E-state index < -0.39 is 5.92 Å². The van der Waals surface area contributed by atoms with E-state index in [1.807, 2.05) is 29.3 Å². The molecule has 1 amide bonds. The van der Waals surface area contributed by atoms with Crippen molar-refractivity contribution in [1.82, 2.24) is 4.90 Å². The SMILES string of the molecule is CCCC(C(=O)N(Cc1cccs1)C1CC1)C(N)=NO. The minimum Gasteiger partial charge on any atom is -0.409 e. The Hall–Kier alpha value is -1.56. The van der Waals surface area contributed by atoms with Crippen molar-refractivity contribution in [1.29, 1.82) is 0 Å². The van der Waals surface area contributed by atoms with E-state index in [0.29, 0.717) is 19.0 Å². The lowest BCUT2D eigenvalue weighted by molar-refractivity contribution is -0.134. The minimum atomic E-state index is -0.509. The summed E-state index contributed by atoms with van der Waals surface area (Å²) in [6.45, 7) is 2.62. The minimum absolute atomic E-state index is 0.0157. The van der Waals surface area contributed by atoms with Crippen LogP contribution in [0.3, 0.4) is 0 Å². The molecule has 1 saturated carbocycles. The highest BCUT2D eigenvalue weighted by atomic mass is 32.1. The maximum atomic E-state index is 12.7. The average Bonchev–Trinajstić information content (AvgIpc) is 3.17. The van der Waals surface area contributed by atoms with Crippen LogP contribution >= 0.6 is 11.3 Å². The Bertz CT molecular complexity index is 469. The normalized spacial score (nSPS) is 16.9. The number of carbonyl (C=O) groups is 1. The van der Waals surface area contributed by atoms with Crippen LogP contribution in [0.2, 0.25) is 0 Å². The molecule has 1 aliphatic carbocycles. The first-order valence-electron chi connectivity index (χ1n) is 6.97. The first-order valence-corrected chi connectivity index (χ1v) is 7.85. The van der Waals surface area contributed by atoms with Crippen LogP contribution < -0.4 is 5.73 Å². The van der Waals surface area contributed by atoms with E-state index in [1.54, 1.807) is 11.3 Å². The van der Waals surface area contributed by atoms with Crippen molar-refractivity contribution in [2.45, 2.75) is 45.2 Å². The Labute approximate surface area is 123 Å². The van der Waals surface area contributed by atoms with Gasteiger partial charge in [-0.2, -0.15) is 0 Å². The molecule has 0 bridgehead atoms. The molecule has 2 rings (SSSR count). The van der Waals surface area contributed by atoms with Crippen LogP contribution in [0.25, 0.3) is 0 Å². The second kappa shape index (κ2) is 6.74. The van der Waals surface area contributed by atoms with Crippen molar-refractivity contribution in [3.8, 4) is 0 Å². The van der Waals surface area contributed by atoms with E-state index in [0.717, 1.165) is 19.3 Å². The number of rotatable bonds is 7. The number of amidine groups is 1. The molecule has 0 aliphatic heterocycles. The van der Waals surface area contributed by atoms with E-state index in [4.69, 9.17) is 10.9 Å². The standard InChI is InChI=1S/C14H21N3O2S/c1-2-4-12(13(15)16-19)14(18)17(10-6-7-10)9-11-5-3-8-20-11/h3,5,8,10,12,19H,2,4,6-7,9H2,1H3,(H2,15,16). The lowest BCUT2D eigenvalue weighted by Gasteiger charge is -2.26. The summed E-state index contributed by atoms with van der Waals surface area (Å²) in [5, 5.41) is 13.9. The molecule has 1 atom stereocenters. The van der Waals surface area contributed by atoms with Crippen LogP contribution in [-0.4, -0.2) is 27.9 Å². The van der Waals surface area contributed by atoms with Gasteiger partial charge < -0.3 is 15.8 Å². The quantitative estimate of drug-likeness (QED) is 0.351. The number of thiophene rings is 1. The van der Waals surface area contributed by atoms with Crippen LogP contribution in [0.1, 0.15) is 37.5 Å². The number of amides is 1. The third-order valence-electron chi connectivity index (χ3n) is 3.52. The predicted molar refractivity (Wildman–Crippen MR) is 79.7 cm³/mol. The van der Waals surface area contributed by atoms with Crippen molar-refractivity contribution in [3.63, 3.8) is 0 Å². The van der Waals surface area contributed by atoms with Crippen molar-refractivity contribution < 1.29 is 10.0 Å². The first-order chi connectivity index (χ1) is 9.67. The highest BCUT2D eigenvalue weighted by Gasteiger charge is 2.37. The van der Waals surface area contributed by atoms with Crippen LogP contribution in [0, 0.1) is 5.92 Å². The summed E-state index contributed by atoms with van der Waals surface area (Å²) < 4.78 is 0. The zero-order chi connectivity index (χ0) is 14.5. The van der Waals surface area contributed by atoms with Gasteiger partial charge in [-0.3, -0.25) is 4.79 Å². The third kappa shape index (κ3) is 3.50. The van der Waals surface area contributed by atoms with E-state index in [9.17, 15) is 4.79 Å². The molecule has 110 valence electrons. The topological polar surface area (TPSA) is 78.9 Å². The van der Waals surface area contributed by atoms with Gasteiger partial charge >= 0.3 is 0 Å². The summed E-state index contributed by atoms with van der Waals surface area (Å²) in [5.74, 6) is -0.503. The number of carbonyl (C=O) groups excluding carboxylic acids is 1. The maximum absolute atomic E-state index is 12.7. The van der Waals surface area contributed by atoms with Gasteiger partial charge in [0, 0.05) is 10.9 Å². The molecule has 5 nitrogen and oxygen atoms in total. The number of hydrogen-bond acceptors (Lipinski definition) is 4. The molecule has 1 unspecified atom stereocenters. The molecular weight excluding hydrogens is 274 g/mol. The number of nitrogens with two attached hydrogens (primary N) is 1. The van der Waals surface area contributed by atoms with Crippen LogP contribution in [0.4, 0.5) is 0 Å². The van der Waals surface area contributed by atoms with Gasteiger partial charge in [0.1, 0.15) is 0 Å². The lowest BCUT2D eigenvalue weighted by atomic mass is 10.0. The Morgan fingerprint density at radius 3 is 2.90 bits per heavy atom. The molecule has 0 aromatic carbocycles. The van der Waals surface area contributed by atoms with Crippen molar-refractivity contribution in [2.24, 2.45) is 16.8 Å². The van der Waals surface area contributed by atoms with Crippen LogP contribution in [0.5, 0.6) is 0 Å². The molecule has 1 aliphatic rings. The Morgan fingerprint density at radius 1 is 1.65 bits per heavy atom. The lowest BCUT2D eigenvalue weighted by Crippen LogP contribution is -2.42. The van der Waals surface area contributed by atoms with Gasteiger partial charge in [0.05, 0.1) is 12.5 Å². The maximum Gasteiger partial charge on any atom is 0.233 e. The molecule has 3 N–H and O–H groups in total. The molecular formula is C14H21N3O2S. The summed E-state index contributed by atoms with van der Waals surface area (Å²) in [7, 11) is 0. The fraction of sp³-hybridized carbons (Fsp3) is 0.571. The second-order valence-electron chi connectivity index (χ2n) is 5.14. The Balaban J connectivity index is 2.12. The summed E-state index contributed by atoms with van der Waals surface area (Å²) in [6, 6.07) is 4.34. The number of hydrogen-bond donors (Lipinski definition) is 2. The van der Waals surface area contributed by atoms with E-state index in [1.165, 1.54) is 4.88 Å². The van der Waals surface area contributed by atoms with Crippen LogP contribution in [-0.2, 0) is 11.3 Å². The predicted octanol–water partition coefficient (Wildman–Crippen LogP) is 2.40. The van der Waals surface area contributed by atoms with Gasteiger partial charge in [0.25, 0.3) is 0 Å². The highest BCUT2D eigenvalue weighted by Crippen LogP contribution is 2.31. The molecule has 0 radical (unpaired) electrons. The number of oxime groups is 1. The first kappa shape index (κ1) is 14.8. The van der Waals surface area contributed by atoms with Crippen molar-refractivity contribution in [2.75, 3.05) is 0 Å². The van der Waals surface area contributed by atoms with E-state index >= 15 is 0 Å². The zero-order valence-electron chi connectivity index (χ0n) is 11.7. The van der Waals surface area contributed by atoms with Gasteiger partial charge in [-0.15, -0.1) is 11.3 Å². The van der Waals surface area contributed by atoms with E-state index in [-0.39, 0.29) is 11.7 Å². The largest absolute Gasteiger partial charge is 0.409 e. The fourth-order valence-electron chi connectivity index (χ4n) is 2.30. The summed E-state index contributed by atoms with van der Waals surface area (Å²) >= 11 is 1.65. The highest BCUT2D eigenvalue weighted by molar-refractivity contribution is 7.09. The third-order valence-corrected chi connectivity index (χ3v) is 4.39. The molecule has 1 aromatic heterocycles. The van der Waals surface area contributed by atoms with E-state index in [2.05, 4.69) is 5.16 Å². The second-order valence-corrected chi connectivity index (χ2v) is 6.18. The van der Waals surface area contributed by atoms with Crippen molar-refractivity contribution >= 4 is 23.1 Å². The summed E-state index contributed by atoms with van der Waals surface area (Å²) in [4.78, 5) is 15.8. The Kier molecular flexibility index (Phi) is 5.00. The molecule has 1 fully saturated rings. The fourth-order valence-corrected chi connectivity index (χ4v) is 3.00. The average molecular weight is 295 g/mol. The molecule has 0 saturated heterocycles. The molecule has 6 heteroatoms. The number of nitrogens with zero attached hydrogens (tertiary/aromatic N) is 2. The molecule has 20 heavy (non-hydrogen) atoms. The van der Waals surface area contributed by atoms with Gasteiger partial charge in [-0.25, -0.2) is 0 Å². The van der Waals surface area contributed by atoms with Gasteiger partial charge in [0.15, 0.2) is 5.84 Å². The zero-order valence-corrected chi connectivity index (χ0v) is 12.5. The van der Waals surface area contributed by atoms with Gasteiger partial charge in [-0.1, -0.05) is 24.6 Å². The Morgan fingerprint density at radius 2 is 2.40 bits per heavy atom. The monoisotopic (exact) mass is 295 g/mol. The smallest absolute Gasteiger partial charge is 0.233 e. The summed E-state index contributed by atoms with van der Waals surface area (Å²) in [6.07, 6.45) is 3.53. The molecule has 0 spiro atoms. The molecule has 1 heterocycles. The van der Waals surface area contributed by atoms with Gasteiger partial charge in [0.2, 0.25) is 5.91 Å². The van der Waals surface area contributed by atoms with Crippen LogP contribution in [0.15, 0.2) is 22.7 Å². The molecule has 1 aromatic rings. The van der Waals surface area contributed by atoms with Gasteiger partial charge in [-0.05, 0) is 30.7 Å². The summed E-state index contributed by atoms with van der Waals surface area (Å²) in [5.41, 5.74) is 5.69.